The number of hydrogen-bond acceptors (Lipinski definition) is 8. The molecule has 0 heterocycles. The number of carbonyl (C=O) groups is 3. The van der Waals surface area contributed by atoms with E-state index in [-0.39, 0.29) is 6.61 Å². The van der Waals surface area contributed by atoms with Gasteiger partial charge >= 0.3 is 18.3 Å². The monoisotopic (exact) mass is 614 g/mol. The van der Waals surface area contributed by atoms with Gasteiger partial charge in [-0.1, -0.05) is 30.3 Å². The topological polar surface area (TPSA) is 138 Å². The van der Waals surface area contributed by atoms with Gasteiger partial charge in [0.15, 0.2) is 0 Å². The van der Waals surface area contributed by atoms with E-state index in [9.17, 15) is 31.9 Å². The van der Waals surface area contributed by atoms with E-state index in [2.05, 4.69) is 5.32 Å². The van der Waals surface area contributed by atoms with Gasteiger partial charge in [0.2, 0.25) is 0 Å². The van der Waals surface area contributed by atoms with E-state index >= 15 is 0 Å². The maximum absolute atomic E-state index is 13.9. The van der Waals surface area contributed by atoms with Crippen molar-refractivity contribution in [1.29, 1.82) is 0 Å². The first-order valence-corrected chi connectivity index (χ1v) is 12.9. The lowest BCUT2D eigenvalue weighted by molar-refractivity contribution is -0.0279. The summed E-state index contributed by atoms with van der Waals surface area (Å²) in [5.74, 6) is -6.29. The Morgan fingerprint density at radius 3 is 1.62 bits per heavy atom. The summed E-state index contributed by atoms with van der Waals surface area (Å²) in [5, 5.41) is 13.3. The highest BCUT2D eigenvalue weighted by Crippen LogP contribution is 2.15. The zero-order valence-corrected chi connectivity index (χ0v) is 25.8. The normalized spacial score (nSPS) is 11.5. The fraction of sp³-hybridized carbons (Fsp3) is 0.667. The molecule has 0 saturated heterocycles. The highest BCUT2D eigenvalue weighted by atomic mass is 19.3. The largest absolute Gasteiger partial charge is 0.445 e. The Morgan fingerprint density at radius 2 is 1.21 bits per heavy atom. The van der Waals surface area contributed by atoms with Gasteiger partial charge in [-0.3, -0.25) is 0 Å². The van der Waals surface area contributed by atoms with Crippen LogP contribution in [0, 0.1) is 0 Å². The lowest BCUT2D eigenvalue weighted by Gasteiger charge is -2.25. The first kappa shape index (κ1) is 40.8. The minimum absolute atomic E-state index is 0.00819. The standard InChI is InChI=1S/C17H24F2N2O4.C9H18F2N2O2.CH4O/c1-16(2,3)25-14(22)20-11-17(18,19)12-21(4)15(23)24-10-13-8-6-5-7-9-13;1-8(2,3)15-7(14)13-6-9(10,11)5-12-4;1-2/h5-9H,10-12H2,1-4H3,(H,20,22);12H,5-6H2,1-4H3,(H,13,14);2H,1H3. The molecule has 0 aliphatic heterocycles. The predicted molar refractivity (Wildman–Crippen MR) is 150 cm³/mol. The van der Waals surface area contributed by atoms with Gasteiger partial charge in [0.05, 0.1) is 26.2 Å². The molecule has 1 rings (SSSR count). The Kier molecular flexibility index (Phi) is 18.4. The highest BCUT2D eigenvalue weighted by molar-refractivity contribution is 5.68. The van der Waals surface area contributed by atoms with Crippen LogP contribution in [-0.4, -0.2) is 98.7 Å². The summed E-state index contributed by atoms with van der Waals surface area (Å²) in [7, 11) is 3.62. The molecule has 0 saturated carbocycles. The summed E-state index contributed by atoms with van der Waals surface area (Å²) in [6, 6.07) is 8.89. The number of nitrogens with one attached hydrogen (secondary N) is 3. The van der Waals surface area contributed by atoms with E-state index in [1.165, 1.54) is 14.1 Å². The molecule has 0 unspecified atom stereocenters. The summed E-state index contributed by atoms with van der Waals surface area (Å²) in [6.07, 6.45) is -2.65. The maximum atomic E-state index is 13.9. The molecule has 1 aromatic carbocycles. The second-order valence-corrected chi connectivity index (χ2v) is 10.8. The Hall–Kier alpha value is -3.33. The second kappa shape index (κ2) is 19.0. The number of benzene rings is 1. The van der Waals surface area contributed by atoms with Crippen molar-refractivity contribution in [1.82, 2.24) is 20.9 Å². The van der Waals surface area contributed by atoms with Gasteiger partial charge in [0.25, 0.3) is 11.8 Å². The SMILES string of the molecule is CN(CC(F)(F)CNC(=O)OC(C)(C)C)C(=O)OCc1ccccc1.CNCC(F)(F)CNC(=O)OC(C)(C)C.CO. The molecule has 1 aromatic rings. The van der Waals surface area contributed by atoms with Crippen molar-refractivity contribution >= 4 is 18.3 Å². The van der Waals surface area contributed by atoms with Gasteiger partial charge < -0.3 is 40.2 Å². The quantitative estimate of drug-likeness (QED) is 0.225. The van der Waals surface area contributed by atoms with E-state index in [1.54, 1.807) is 65.8 Å². The Labute approximate surface area is 245 Å². The van der Waals surface area contributed by atoms with Crippen LogP contribution in [0.2, 0.25) is 0 Å². The van der Waals surface area contributed by atoms with Crippen molar-refractivity contribution < 1.29 is 51.3 Å². The average Bonchev–Trinajstić information content (AvgIpc) is 2.85. The van der Waals surface area contributed by atoms with E-state index in [0.717, 1.165) is 17.6 Å². The number of aliphatic hydroxyl groups is 1. The molecule has 11 nitrogen and oxygen atoms in total. The molecular weight excluding hydrogens is 568 g/mol. The zero-order chi connectivity index (χ0) is 33.2. The molecule has 0 radical (unpaired) electrons. The molecule has 0 atom stereocenters. The van der Waals surface area contributed by atoms with Crippen LogP contribution in [0.5, 0.6) is 0 Å². The average molecular weight is 615 g/mol. The van der Waals surface area contributed by atoms with Crippen molar-refractivity contribution in [3.63, 3.8) is 0 Å². The first-order valence-electron chi connectivity index (χ1n) is 12.9. The molecule has 0 aliphatic carbocycles. The molecule has 0 aromatic heterocycles. The maximum Gasteiger partial charge on any atom is 0.410 e. The Bertz CT molecular complexity index is 925. The second-order valence-electron chi connectivity index (χ2n) is 10.8. The van der Waals surface area contributed by atoms with Crippen molar-refractivity contribution in [2.75, 3.05) is 47.4 Å². The zero-order valence-electron chi connectivity index (χ0n) is 25.8. The van der Waals surface area contributed by atoms with Gasteiger partial charge in [-0.05, 0) is 54.2 Å². The number of alkyl carbamates (subject to hydrolysis) is 2. The van der Waals surface area contributed by atoms with Gasteiger partial charge in [0, 0.05) is 14.2 Å². The number of nitrogens with zero attached hydrogens (tertiary/aromatic N) is 1. The number of aliphatic hydroxyl groups excluding tert-OH is 1. The smallest absolute Gasteiger partial charge is 0.410 e. The molecule has 0 spiro atoms. The van der Waals surface area contributed by atoms with Gasteiger partial charge in [-0.25, -0.2) is 31.9 Å². The van der Waals surface area contributed by atoms with Crippen LogP contribution in [0.1, 0.15) is 47.1 Å². The van der Waals surface area contributed by atoms with Gasteiger partial charge in [-0.2, -0.15) is 0 Å². The van der Waals surface area contributed by atoms with Crippen LogP contribution in [0.4, 0.5) is 31.9 Å². The fourth-order valence-corrected chi connectivity index (χ4v) is 2.65. The van der Waals surface area contributed by atoms with Crippen LogP contribution in [0.15, 0.2) is 30.3 Å². The summed E-state index contributed by atoms with van der Waals surface area (Å²) >= 11 is 0. The number of carbonyl (C=O) groups excluding carboxylic acids is 3. The number of ether oxygens (including phenoxy) is 3. The van der Waals surface area contributed by atoms with E-state index < -0.39 is 67.5 Å². The number of amides is 3. The molecule has 42 heavy (non-hydrogen) atoms. The molecule has 244 valence electrons. The number of hydrogen-bond donors (Lipinski definition) is 4. The lowest BCUT2D eigenvalue weighted by atomic mass is 10.2. The Morgan fingerprint density at radius 1 is 0.786 bits per heavy atom. The van der Waals surface area contributed by atoms with Crippen LogP contribution < -0.4 is 16.0 Å². The number of halogens is 4. The van der Waals surface area contributed by atoms with Crippen molar-refractivity contribution in [2.24, 2.45) is 0 Å². The number of alkyl halides is 4. The van der Waals surface area contributed by atoms with Crippen molar-refractivity contribution in [2.45, 2.75) is 71.2 Å². The molecule has 0 bridgehead atoms. The predicted octanol–water partition coefficient (Wildman–Crippen LogP) is 4.39. The number of rotatable bonds is 10. The molecule has 0 aliphatic rings. The molecule has 3 amide bonds. The van der Waals surface area contributed by atoms with Crippen molar-refractivity contribution in [3.05, 3.63) is 35.9 Å². The van der Waals surface area contributed by atoms with E-state index in [4.69, 9.17) is 19.3 Å². The third-order valence-electron chi connectivity index (χ3n) is 4.20. The Balaban J connectivity index is 0. The third kappa shape index (κ3) is 23.4. The summed E-state index contributed by atoms with van der Waals surface area (Å²) in [4.78, 5) is 35.0. The summed E-state index contributed by atoms with van der Waals surface area (Å²) in [5.41, 5.74) is -0.706. The summed E-state index contributed by atoms with van der Waals surface area (Å²) < 4.78 is 68.2. The van der Waals surface area contributed by atoms with Crippen molar-refractivity contribution in [3.8, 4) is 0 Å². The highest BCUT2D eigenvalue weighted by Gasteiger charge is 2.34. The minimum atomic E-state index is -3.32. The lowest BCUT2D eigenvalue weighted by Crippen LogP contribution is -2.46. The van der Waals surface area contributed by atoms with Crippen LogP contribution in [0.25, 0.3) is 0 Å². The first-order chi connectivity index (χ1) is 19.1. The molecule has 4 N–H and O–H groups in total. The fourth-order valence-electron chi connectivity index (χ4n) is 2.65. The summed E-state index contributed by atoms with van der Waals surface area (Å²) in [6.45, 7) is 6.81. The van der Waals surface area contributed by atoms with Crippen LogP contribution in [0.3, 0.4) is 0 Å². The minimum Gasteiger partial charge on any atom is -0.445 e. The van der Waals surface area contributed by atoms with Gasteiger partial charge in [0.1, 0.15) is 17.8 Å². The molecular formula is C27H46F4N4O7. The molecule has 15 heteroatoms. The van der Waals surface area contributed by atoms with E-state index in [1.807, 2.05) is 16.7 Å². The molecule has 0 fully saturated rings. The van der Waals surface area contributed by atoms with Crippen LogP contribution in [-0.2, 0) is 20.8 Å². The van der Waals surface area contributed by atoms with E-state index in [0.29, 0.717) is 0 Å². The third-order valence-corrected chi connectivity index (χ3v) is 4.20. The van der Waals surface area contributed by atoms with Crippen LogP contribution >= 0.6 is 0 Å². The van der Waals surface area contributed by atoms with Gasteiger partial charge in [-0.15, -0.1) is 0 Å².